The van der Waals surface area contributed by atoms with E-state index in [4.69, 9.17) is 0 Å². The molecule has 0 amide bonds. The van der Waals surface area contributed by atoms with Gasteiger partial charge in [-0.2, -0.15) is 0 Å². The zero-order valence-corrected chi connectivity index (χ0v) is 8.38. The van der Waals surface area contributed by atoms with Gasteiger partial charge in [0.05, 0.1) is 6.04 Å². The summed E-state index contributed by atoms with van der Waals surface area (Å²) in [5.74, 6) is -2.74. The summed E-state index contributed by atoms with van der Waals surface area (Å²) < 4.78 is 26.9. The van der Waals surface area contributed by atoms with Crippen molar-refractivity contribution < 1.29 is 8.78 Å². The fourth-order valence-electron chi connectivity index (χ4n) is 1.93. The number of halogens is 3. The molecule has 1 saturated heterocycles. The standard InChI is InChI=1S/C9H15F2N.ClH/c10-9(11,7-4-5-7)8-3-1-2-6-12-8;/h7-8,12H,1-6H2;1H. The molecule has 0 aromatic heterocycles. The van der Waals surface area contributed by atoms with E-state index in [0.29, 0.717) is 6.42 Å². The Kier molecular flexibility index (Phi) is 3.52. The first kappa shape index (κ1) is 11.2. The lowest BCUT2D eigenvalue weighted by molar-refractivity contribution is -0.0650. The lowest BCUT2D eigenvalue weighted by atomic mass is 9.96. The van der Waals surface area contributed by atoms with E-state index in [1.54, 1.807) is 0 Å². The Labute approximate surface area is 83.7 Å². The van der Waals surface area contributed by atoms with Crippen LogP contribution in [0.25, 0.3) is 0 Å². The van der Waals surface area contributed by atoms with E-state index in [1.165, 1.54) is 0 Å². The van der Waals surface area contributed by atoms with Crippen molar-refractivity contribution >= 4 is 12.4 Å². The van der Waals surface area contributed by atoms with Gasteiger partial charge in [-0.3, -0.25) is 0 Å². The van der Waals surface area contributed by atoms with Crippen LogP contribution in [0.3, 0.4) is 0 Å². The maximum Gasteiger partial charge on any atom is 0.265 e. The summed E-state index contributed by atoms with van der Waals surface area (Å²) >= 11 is 0. The van der Waals surface area contributed by atoms with E-state index in [1.807, 2.05) is 0 Å². The minimum Gasteiger partial charge on any atom is -0.309 e. The molecule has 1 aliphatic carbocycles. The van der Waals surface area contributed by atoms with Crippen LogP contribution in [0.2, 0.25) is 0 Å². The van der Waals surface area contributed by atoms with Gasteiger partial charge in [-0.25, -0.2) is 8.78 Å². The van der Waals surface area contributed by atoms with Crippen molar-refractivity contribution in [3.05, 3.63) is 0 Å². The van der Waals surface area contributed by atoms with E-state index >= 15 is 0 Å². The summed E-state index contributed by atoms with van der Waals surface area (Å²) in [6.45, 7) is 0.771. The van der Waals surface area contributed by atoms with E-state index in [2.05, 4.69) is 5.32 Å². The quantitative estimate of drug-likeness (QED) is 0.741. The number of rotatable bonds is 2. The highest BCUT2D eigenvalue weighted by molar-refractivity contribution is 5.85. The largest absolute Gasteiger partial charge is 0.309 e. The van der Waals surface area contributed by atoms with Gasteiger partial charge in [0.2, 0.25) is 0 Å². The van der Waals surface area contributed by atoms with Crippen molar-refractivity contribution in [2.45, 2.75) is 44.1 Å². The summed E-state index contributed by atoms with van der Waals surface area (Å²) in [6.07, 6.45) is 4.12. The van der Waals surface area contributed by atoms with E-state index in [-0.39, 0.29) is 18.3 Å². The first-order valence-corrected chi connectivity index (χ1v) is 4.82. The molecule has 0 radical (unpaired) electrons. The maximum atomic E-state index is 13.4. The molecule has 0 aromatic carbocycles. The Bertz CT molecular complexity index is 165. The second-order valence-corrected chi connectivity index (χ2v) is 3.95. The van der Waals surface area contributed by atoms with Crippen LogP contribution in [0, 0.1) is 5.92 Å². The van der Waals surface area contributed by atoms with E-state index < -0.39 is 12.0 Å². The topological polar surface area (TPSA) is 12.0 Å². The molecule has 1 aliphatic heterocycles. The average Bonchev–Trinajstić information content (AvgIpc) is 2.88. The van der Waals surface area contributed by atoms with Gasteiger partial charge in [0.25, 0.3) is 5.92 Å². The smallest absolute Gasteiger partial charge is 0.265 e. The molecule has 4 heteroatoms. The highest BCUT2D eigenvalue weighted by atomic mass is 35.5. The highest BCUT2D eigenvalue weighted by Crippen LogP contribution is 2.46. The number of nitrogens with one attached hydrogen (secondary N) is 1. The lowest BCUT2D eigenvalue weighted by Crippen LogP contribution is -2.48. The van der Waals surface area contributed by atoms with Crippen LogP contribution in [-0.4, -0.2) is 18.5 Å². The summed E-state index contributed by atoms with van der Waals surface area (Å²) in [7, 11) is 0. The Hall–Kier alpha value is 0.110. The number of alkyl halides is 2. The van der Waals surface area contributed by atoms with Crippen LogP contribution in [0.5, 0.6) is 0 Å². The molecule has 0 spiro atoms. The van der Waals surface area contributed by atoms with Crippen LogP contribution in [-0.2, 0) is 0 Å². The molecule has 0 aromatic rings. The third-order valence-electron chi connectivity index (χ3n) is 2.90. The summed E-state index contributed by atoms with van der Waals surface area (Å²) in [6, 6.07) is -0.529. The second kappa shape index (κ2) is 4.09. The molecular weight excluding hydrogens is 196 g/mol. The Morgan fingerprint density at radius 1 is 1.08 bits per heavy atom. The monoisotopic (exact) mass is 211 g/mol. The second-order valence-electron chi connectivity index (χ2n) is 3.95. The first-order valence-electron chi connectivity index (χ1n) is 4.82. The highest BCUT2D eigenvalue weighted by Gasteiger charge is 2.52. The lowest BCUT2D eigenvalue weighted by Gasteiger charge is -2.31. The van der Waals surface area contributed by atoms with Crippen molar-refractivity contribution in [2.75, 3.05) is 6.54 Å². The normalized spacial score (nSPS) is 29.5. The van der Waals surface area contributed by atoms with Gasteiger partial charge in [-0.15, -0.1) is 12.4 Å². The predicted molar refractivity (Wildman–Crippen MR) is 50.6 cm³/mol. The Morgan fingerprint density at radius 2 is 1.77 bits per heavy atom. The molecule has 1 heterocycles. The molecule has 13 heavy (non-hydrogen) atoms. The van der Waals surface area contributed by atoms with Crippen LogP contribution in [0.4, 0.5) is 8.78 Å². The van der Waals surface area contributed by atoms with E-state index in [0.717, 1.165) is 32.2 Å². The van der Waals surface area contributed by atoms with Crippen LogP contribution in [0.1, 0.15) is 32.1 Å². The number of hydrogen-bond acceptors (Lipinski definition) is 1. The molecule has 2 fully saturated rings. The van der Waals surface area contributed by atoms with Crippen molar-refractivity contribution in [2.24, 2.45) is 5.92 Å². The number of piperidine rings is 1. The van der Waals surface area contributed by atoms with E-state index in [9.17, 15) is 8.78 Å². The Morgan fingerprint density at radius 3 is 2.23 bits per heavy atom. The zero-order valence-electron chi connectivity index (χ0n) is 7.56. The predicted octanol–water partition coefficient (Wildman–Crippen LogP) is 2.60. The van der Waals surface area contributed by atoms with Gasteiger partial charge in [-0.05, 0) is 32.2 Å². The first-order chi connectivity index (χ1) is 5.71. The average molecular weight is 212 g/mol. The molecular formula is C9H16ClF2N. The summed E-state index contributed by atoms with van der Waals surface area (Å²) in [5, 5.41) is 2.93. The third-order valence-corrected chi connectivity index (χ3v) is 2.90. The SMILES string of the molecule is Cl.FC(F)(C1CC1)C1CCCCN1. The Balaban J connectivity index is 0.000000845. The van der Waals surface area contributed by atoms with Gasteiger partial charge in [-0.1, -0.05) is 6.42 Å². The van der Waals surface area contributed by atoms with Crippen LogP contribution >= 0.6 is 12.4 Å². The van der Waals surface area contributed by atoms with Crippen LogP contribution < -0.4 is 5.32 Å². The van der Waals surface area contributed by atoms with Gasteiger partial charge < -0.3 is 5.32 Å². The zero-order chi connectivity index (χ0) is 8.60. The van der Waals surface area contributed by atoms with Gasteiger partial charge in [0.15, 0.2) is 0 Å². The van der Waals surface area contributed by atoms with Crippen molar-refractivity contribution in [1.82, 2.24) is 5.32 Å². The van der Waals surface area contributed by atoms with Gasteiger partial charge in [0.1, 0.15) is 0 Å². The summed E-state index contributed by atoms with van der Waals surface area (Å²) in [4.78, 5) is 0. The van der Waals surface area contributed by atoms with Crippen molar-refractivity contribution in [3.63, 3.8) is 0 Å². The van der Waals surface area contributed by atoms with Gasteiger partial charge in [0, 0.05) is 5.92 Å². The minimum atomic E-state index is -2.43. The molecule has 1 unspecified atom stereocenters. The molecule has 1 saturated carbocycles. The molecule has 1 N–H and O–H groups in total. The maximum absolute atomic E-state index is 13.4. The molecule has 0 bridgehead atoms. The summed E-state index contributed by atoms with van der Waals surface area (Å²) in [5.41, 5.74) is 0. The van der Waals surface area contributed by atoms with Crippen molar-refractivity contribution in [1.29, 1.82) is 0 Å². The molecule has 2 aliphatic rings. The molecule has 1 nitrogen and oxygen atoms in total. The fraction of sp³-hybridized carbons (Fsp3) is 1.00. The minimum absolute atomic E-state index is 0. The molecule has 2 rings (SSSR count). The van der Waals surface area contributed by atoms with Crippen LogP contribution in [0.15, 0.2) is 0 Å². The molecule has 1 atom stereocenters. The number of hydrogen-bond donors (Lipinski definition) is 1. The third kappa shape index (κ3) is 2.32. The van der Waals surface area contributed by atoms with Gasteiger partial charge >= 0.3 is 0 Å². The van der Waals surface area contributed by atoms with Crippen molar-refractivity contribution in [3.8, 4) is 0 Å². The fourth-order valence-corrected chi connectivity index (χ4v) is 1.93. The molecule has 78 valence electrons.